The second-order valence-electron chi connectivity index (χ2n) is 9.20. The Bertz CT molecular complexity index is 815. The van der Waals surface area contributed by atoms with E-state index in [9.17, 15) is 4.39 Å². The molecule has 152 valence electrons. The summed E-state index contributed by atoms with van der Waals surface area (Å²) >= 11 is 0. The van der Waals surface area contributed by atoms with E-state index in [0.29, 0.717) is 12.3 Å². The van der Waals surface area contributed by atoms with Crippen LogP contribution in [0.2, 0.25) is 0 Å². The molecule has 2 aromatic carbocycles. The van der Waals surface area contributed by atoms with Gasteiger partial charge in [-0.2, -0.15) is 0 Å². The van der Waals surface area contributed by atoms with Crippen molar-refractivity contribution in [3.05, 3.63) is 65.0 Å². The van der Waals surface area contributed by atoms with Gasteiger partial charge in [-0.25, -0.2) is 9.38 Å². The fourth-order valence-corrected chi connectivity index (χ4v) is 3.51. The monoisotopic (exact) mass is 382 g/mol. The van der Waals surface area contributed by atoms with Crippen molar-refractivity contribution in [1.29, 1.82) is 0 Å². The van der Waals surface area contributed by atoms with Gasteiger partial charge in [0, 0.05) is 5.41 Å². The Balaban J connectivity index is 2.21. The lowest BCUT2D eigenvalue weighted by Gasteiger charge is -2.29. The highest BCUT2D eigenvalue weighted by atomic mass is 19.1. The molecule has 0 amide bonds. The van der Waals surface area contributed by atoms with E-state index in [2.05, 4.69) is 46.8 Å². The highest BCUT2D eigenvalue weighted by Crippen LogP contribution is 2.32. The van der Waals surface area contributed by atoms with Gasteiger partial charge in [0.05, 0.1) is 5.69 Å². The first kappa shape index (κ1) is 22.1. The fourth-order valence-electron chi connectivity index (χ4n) is 3.51. The molecule has 1 unspecified atom stereocenters. The number of hydrogen-bond donors (Lipinski definition) is 1. The third-order valence-corrected chi connectivity index (χ3v) is 5.56. The van der Waals surface area contributed by atoms with Crippen LogP contribution in [-0.2, 0) is 11.8 Å². The molecule has 2 N–H and O–H groups in total. The van der Waals surface area contributed by atoms with Crippen LogP contribution in [0.1, 0.15) is 70.6 Å². The molecule has 0 radical (unpaired) electrons. The summed E-state index contributed by atoms with van der Waals surface area (Å²) in [6, 6.07) is 13.7. The Hall–Kier alpha value is -2.16. The lowest BCUT2D eigenvalue weighted by molar-refractivity contribution is 0.384. The van der Waals surface area contributed by atoms with E-state index in [1.54, 1.807) is 6.07 Å². The molecular formula is C25H35FN2. The third kappa shape index (κ3) is 5.67. The molecule has 0 heterocycles. The zero-order chi connectivity index (χ0) is 20.9. The smallest absolute Gasteiger partial charge is 0.126 e. The molecule has 0 aliphatic carbocycles. The lowest BCUT2D eigenvalue weighted by atomic mass is 9.79. The van der Waals surface area contributed by atoms with Gasteiger partial charge < -0.3 is 5.73 Å². The molecule has 2 nitrogen and oxygen atoms in total. The minimum absolute atomic E-state index is 0.114. The maximum atomic E-state index is 14.2. The summed E-state index contributed by atoms with van der Waals surface area (Å²) in [6.07, 6.45) is 3.36. The van der Waals surface area contributed by atoms with Gasteiger partial charge in [0.1, 0.15) is 11.7 Å². The third-order valence-electron chi connectivity index (χ3n) is 5.56. The van der Waals surface area contributed by atoms with Crippen LogP contribution in [-0.4, -0.2) is 5.84 Å². The SMILES string of the molecule is CCCC(C)(CCc1ccc(C)cc1F)C(N)=Nc1ccc(C(C)(C)C)cc1. The van der Waals surface area contributed by atoms with Gasteiger partial charge >= 0.3 is 0 Å². The fraction of sp³-hybridized carbons (Fsp3) is 0.480. The summed E-state index contributed by atoms with van der Waals surface area (Å²) in [5, 5.41) is 0. The van der Waals surface area contributed by atoms with Crippen molar-refractivity contribution in [3.8, 4) is 0 Å². The van der Waals surface area contributed by atoms with Gasteiger partial charge in [-0.15, -0.1) is 0 Å². The second kappa shape index (κ2) is 8.89. The van der Waals surface area contributed by atoms with Crippen LogP contribution in [0.15, 0.2) is 47.5 Å². The molecule has 28 heavy (non-hydrogen) atoms. The number of aryl methyl sites for hydroxylation is 2. The van der Waals surface area contributed by atoms with Gasteiger partial charge in [0.15, 0.2) is 0 Å². The Labute approximate surface area is 170 Å². The predicted octanol–water partition coefficient (Wildman–Crippen LogP) is 6.86. The largest absolute Gasteiger partial charge is 0.387 e. The maximum Gasteiger partial charge on any atom is 0.126 e. The van der Waals surface area contributed by atoms with Crippen molar-refractivity contribution < 1.29 is 4.39 Å². The summed E-state index contributed by atoms with van der Waals surface area (Å²) in [7, 11) is 0. The van der Waals surface area contributed by atoms with Crippen LogP contribution in [0, 0.1) is 18.2 Å². The summed E-state index contributed by atoms with van der Waals surface area (Å²) in [6.45, 7) is 12.8. The first-order valence-corrected chi connectivity index (χ1v) is 10.3. The van der Waals surface area contributed by atoms with Crippen LogP contribution in [0.4, 0.5) is 10.1 Å². The molecule has 0 saturated heterocycles. The molecule has 0 aliphatic rings. The molecule has 0 aliphatic heterocycles. The van der Waals surface area contributed by atoms with Crippen molar-refractivity contribution in [2.75, 3.05) is 0 Å². The van der Waals surface area contributed by atoms with Crippen LogP contribution >= 0.6 is 0 Å². The van der Waals surface area contributed by atoms with E-state index < -0.39 is 0 Å². The van der Waals surface area contributed by atoms with Crippen LogP contribution in [0.3, 0.4) is 0 Å². The molecule has 0 saturated carbocycles. The average molecular weight is 383 g/mol. The summed E-state index contributed by atoms with van der Waals surface area (Å²) in [5.41, 5.74) is 10.2. The number of nitrogens with two attached hydrogens (primary N) is 1. The molecular weight excluding hydrogens is 347 g/mol. The standard InChI is InChI=1S/C25H35FN2/c1-7-15-25(6,16-14-19-9-8-18(2)17-22(19)26)23(27)28-21-12-10-20(11-13-21)24(3,4)5/h8-13,17H,7,14-16H2,1-6H3,(H2,27,28). The minimum Gasteiger partial charge on any atom is -0.387 e. The Morgan fingerprint density at radius 2 is 1.64 bits per heavy atom. The molecule has 2 rings (SSSR count). The highest BCUT2D eigenvalue weighted by Gasteiger charge is 2.28. The van der Waals surface area contributed by atoms with Crippen molar-refractivity contribution >= 4 is 11.5 Å². The van der Waals surface area contributed by atoms with E-state index in [0.717, 1.165) is 36.1 Å². The van der Waals surface area contributed by atoms with Gasteiger partial charge in [-0.1, -0.05) is 65.3 Å². The first-order chi connectivity index (χ1) is 13.0. The normalized spacial score (nSPS) is 14.8. The number of rotatable bonds is 7. The molecule has 0 aromatic heterocycles. The number of nitrogens with zero attached hydrogens (tertiary/aromatic N) is 1. The molecule has 2 aromatic rings. The van der Waals surface area contributed by atoms with Crippen molar-refractivity contribution in [3.63, 3.8) is 0 Å². The number of benzene rings is 2. The van der Waals surface area contributed by atoms with Gasteiger partial charge in [-0.05, 0) is 66.5 Å². The number of amidine groups is 1. The highest BCUT2D eigenvalue weighted by molar-refractivity contribution is 5.88. The predicted molar refractivity (Wildman–Crippen MR) is 119 cm³/mol. The Morgan fingerprint density at radius 3 is 2.18 bits per heavy atom. The van der Waals surface area contributed by atoms with E-state index in [4.69, 9.17) is 10.7 Å². The molecule has 3 heteroatoms. The zero-order valence-corrected chi connectivity index (χ0v) is 18.3. The van der Waals surface area contributed by atoms with E-state index in [-0.39, 0.29) is 16.6 Å². The lowest BCUT2D eigenvalue weighted by Crippen LogP contribution is -2.35. The summed E-state index contributed by atoms with van der Waals surface area (Å²) in [4.78, 5) is 4.72. The molecule has 0 spiro atoms. The van der Waals surface area contributed by atoms with E-state index >= 15 is 0 Å². The maximum absolute atomic E-state index is 14.2. The molecule has 1 atom stereocenters. The zero-order valence-electron chi connectivity index (χ0n) is 18.3. The molecule has 0 fully saturated rings. The first-order valence-electron chi connectivity index (χ1n) is 10.3. The van der Waals surface area contributed by atoms with Crippen LogP contribution in [0.25, 0.3) is 0 Å². The second-order valence-corrected chi connectivity index (χ2v) is 9.20. The van der Waals surface area contributed by atoms with E-state index in [1.165, 1.54) is 5.56 Å². The topological polar surface area (TPSA) is 38.4 Å². The summed E-state index contributed by atoms with van der Waals surface area (Å²) < 4.78 is 14.2. The minimum atomic E-state index is -0.255. The van der Waals surface area contributed by atoms with Crippen molar-refractivity contribution in [1.82, 2.24) is 0 Å². The summed E-state index contributed by atoms with van der Waals surface area (Å²) in [5.74, 6) is 0.498. The van der Waals surface area contributed by atoms with E-state index in [1.807, 2.05) is 31.2 Å². The quantitative estimate of drug-likeness (QED) is 0.412. The number of halogens is 1. The van der Waals surface area contributed by atoms with Crippen molar-refractivity contribution in [2.24, 2.45) is 16.1 Å². The number of aliphatic imine (C=N–C) groups is 1. The average Bonchev–Trinajstić information content (AvgIpc) is 2.61. The van der Waals surface area contributed by atoms with Crippen molar-refractivity contribution in [2.45, 2.75) is 72.6 Å². The van der Waals surface area contributed by atoms with Crippen LogP contribution < -0.4 is 5.73 Å². The number of hydrogen-bond acceptors (Lipinski definition) is 1. The van der Waals surface area contributed by atoms with Gasteiger partial charge in [0.25, 0.3) is 0 Å². The Morgan fingerprint density at radius 1 is 1.00 bits per heavy atom. The Kier molecular flexibility index (Phi) is 7.03. The van der Waals surface area contributed by atoms with Crippen LogP contribution in [0.5, 0.6) is 0 Å². The van der Waals surface area contributed by atoms with Gasteiger partial charge in [0.2, 0.25) is 0 Å². The molecule has 0 bridgehead atoms. The van der Waals surface area contributed by atoms with Gasteiger partial charge in [-0.3, -0.25) is 0 Å².